The third-order valence-corrected chi connectivity index (χ3v) is 4.60. The number of furan rings is 1. The minimum absolute atomic E-state index is 0.0878. The van der Waals surface area contributed by atoms with Crippen LogP contribution in [0.15, 0.2) is 28.7 Å². The van der Waals surface area contributed by atoms with Crippen LogP contribution in [0.4, 0.5) is 0 Å². The van der Waals surface area contributed by atoms with Gasteiger partial charge in [0.05, 0.1) is 6.04 Å². The van der Waals surface area contributed by atoms with Crippen LogP contribution in [0.1, 0.15) is 18.2 Å². The van der Waals surface area contributed by atoms with Crippen LogP contribution in [0, 0.1) is 0 Å². The maximum Gasteiger partial charge on any atom is 0.134 e. The predicted molar refractivity (Wildman–Crippen MR) is 86.7 cm³/mol. The molecule has 0 amide bonds. The molecule has 5 heteroatoms. The highest BCUT2D eigenvalue weighted by Crippen LogP contribution is 2.28. The molecule has 0 bridgehead atoms. The summed E-state index contributed by atoms with van der Waals surface area (Å²) in [6.45, 7) is 3.26. The lowest BCUT2D eigenvalue weighted by molar-refractivity contribution is 0.102. The first-order valence-corrected chi connectivity index (χ1v) is 7.74. The van der Waals surface area contributed by atoms with Gasteiger partial charge in [0.15, 0.2) is 0 Å². The summed E-state index contributed by atoms with van der Waals surface area (Å²) in [6, 6.07) is 8.04. The molecular formula is C16H22ClN3O. The molecule has 0 saturated carbocycles. The van der Waals surface area contributed by atoms with Crippen molar-refractivity contribution in [1.82, 2.24) is 9.80 Å². The Morgan fingerprint density at radius 2 is 2.14 bits per heavy atom. The van der Waals surface area contributed by atoms with Gasteiger partial charge in [-0.25, -0.2) is 0 Å². The van der Waals surface area contributed by atoms with Crippen LogP contribution in [0.2, 0.25) is 5.02 Å². The van der Waals surface area contributed by atoms with Crippen molar-refractivity contribution in [3.63, 3.8) is 0 Å². The molecule has 4 nitrogen and oxygen atoms in total. The molecule has 1 fully saturated rings. The van der Waals surface area contributed by atoms with E-state index >= 15 is 0 Å². The average molecular weight is 308 g/mol. The molecule has 0 aliphatic carbocycles. The Kier molecular flexibility index (Phi) is 4.22. The SMILES string of the molecule is CN1CCN(C)C(CC(N)c2cc3cc(Cl)ccc3o2)C1. The topological polar surface area (TPSA) is 45.6 Å². The van der Waals surface area contributed by atoms with Gasteiger partial charge in [-0.05, 0) is 44.8 Å². The zero-order valence-electron chi connectivity index (χ0n) is 12.6. The van der Waals surface area contributed by atoms with E-state index in [4.69, 9.17) is 21.8 Å². The van der Waals surface area contributed by atoms with Crippen LogP contribution in [0.25, 0.3) is 11.0 Å². The molecule has 2 aromatic rings. The molecule has 1 aliphatic rings. The molecule has 2 N–H and O–H groups in total. The van der Waals surface area contributed by atoms with Gasteiger partial charge in [0.1, 0.15) is 11.3 Å². The molecule has 1 saturated heterocycles. The van der Waals surface area contributed by atoms with E-state index < -0.39 is 0 Å². The van der Waals surface area contributed by atoms with Crippen LogP contribution in [-0.4, -0.2) is 49.6 Å². The summed E-state index contributed by atoms with van der Waals surface area (Å²) < 4.78 is 5.87. The first-order chi connectivity index (χ1) is 10.0. The molecule has 0 radical (unpaired) electrons. The molecule has 1 aliphatic heterocycles. The van der Waals surface area contributed by atoms with E-state index in [0.717, 1.165) is 47.8 Å². The first-order valence-electron chi connectivity index (χ1n) is 7.36. The minimum Gasteiger partial charge on any atom is -0.459 e. The Morgan fingerprint density at radius 3 is 2.95 bits per heavy atom. The number of piperazine rings is 1. The molecule has 114 valence electrons. The molecule has 21 heavy (non-hydrogen) atoms. The van der Waals surface area contributed by atoms with Gasteiger partial charge in [0, 0.05) is 36.1 Å². The lowest BCUT2D eigenvalue weighted by atomic mass is 10.0. The second-order valence-electron chi connectivity index (χ2n) is 6.07. The van der Waals surface area contributed by atoms with Crippen molar-refractivity contribution in [3.8, 4) is 0 Å². The summed E-state index contributed by atoms with van der Waals surface area (Å²) in [5, 5.41) is 1.74. The minimum atomic E-state index is -0.0878. The smallest absolute Gasteiger partial charge is 0.134 e. The Bertz CT molecular complexity index is 627. The monoisotopic (exact) mass is 307 g/mol. The van der Waals surface area contributed by atoms with E-state index in [-0.39, 0.29) is 6.04 Å². The molecule has 2 heterocycles. The van der Waals surface area contributed by atoms with E-state index in [1.54, 1.807) is 0 Å². The highest BCUT2D eigenvalue weighted by molar-refractivity contribution is 6.31. The highest BCUT2D eigenvalue weighted by Gasteiger charge is 2.25. The quantitative estimate of drug-likeness (QED) is 0.947. The molecular weight excluding hydrogens is 286 g/mol. The van der Waals surface area contributed by atoms with Crippen molar-refractivity contribution >= 4 is 22.6 Å². The van der Waals surface area contributed by atoms with Gasteiger partial charge in [-0.2, -0.15) is 0 Å². The number of halogens is 1. The number of nitrogens with two attached hydrogens (primary N) is 1. The zero-order valence-corrected chi connectivity index (χ0v) is 13.3. The molecule has 0 spiro atoms. The third-order valence-electron chi connectivity index (χ3n) is 4.37. The number of rotatable bonds is 3. The fraction of sp³-hybridized carbons (Fsp3) is 0.500. The van der Waals surface area contributed by atoms with E-state index in [1.807, 2.05) is 24.3 Å². The fourth-order valence-corrected chi connectivity index (χ4v) is 3.16. The van der Waals surface area contributed by atoms with Crippen LogP contribution in [0.3, 0.4) is 0 Å². The van der Waals surface area contributed by atoms with Crippen molar-refractivity contribution in [2.75, 3.05) is 33.7 Å². The molecule has 2 unspecified atom stereocenters. The van der Waals surface area contributed by atoms with Gasteiger partial charge in [-0.1, -0.05) is 11.6 Å². The van der Waals surface area contributed by atoms with Crippen molar-refractivity contribution in [1.29, 1.82) is 0 Å². The summed E-state index contributed by atoms with van der Waals surface area (Å²) in [4.78, 5) is 4.75. The molecule has 3 rings (SSSR count). The molecule has 2 atom stereocenters. The summed E-state index contributed by atoms with van der Waals surface area (Å²) in [7, 11) is 4.33. The number of likely N-dealkylation sites (N-methyl/N-ethyl adjacent to an activating group) is 2. The second-order valence-corrected chi connectivity index (χ2v) is 6.51. The number of benzene rings is 1. The summed E-state index contributed by atoms with van der Waals surface area (Å²) in [6.07, 6.45) is 0.897. The third kappa shape index (κ3) is 3.24. The Labute approximate surface area is 130 Å². The normalized spacial score (nSPS) is 22.8. The van der Waals surface area contributed by atoms with Crippen molar-refractivity contribution in [2.45, 2.75) is 18.5 Å². The largest absolute Gasteiger partial charge is 0.459 e. The van der Waals surface area contributed by atoms with E-state index in [1.165, 1.54) is 0 Å². The Hall–Kier alpha value is -1.07. The number of hydrogen-bond acceptors (Lipinski definition) is 4. The zero-order chi connectivity index (χ0) is 15.0. The number of fused-ring (bicyclic) bond motifs is 1. The van der Waals surface area contributed by atoms with Gasteiger partial charge in [-0.3, -0.25) is 0 Å². The van der Waals surface area contributed by atoms with Crippen LogP contribution in [-0.2, 0) is 0 Å². The summed E-state index contributed by atoms with van der Waals surface area (Å²) in [5.41, 5.74) is 7.21. The second kappa shape index (κ2) is 5.97. The maximum absolute atomic E-state index is 6.36. The van der Waals surface area contributed by atoms with Crippen LogP contribution in [0.5, 0.6) is 0 Å². The van der Waals surface area contributed by atoms with Gasteiger partial charge in [-0.15, -0.1) is 0 Å². The number of hydrogen-bond donors (Lipinski definition) is 1. The fourth-order valence-electron chi connectivity index (χ4n) is 2.98. The maximum atomic E-state index is 6.36. The van der Waals surface area contributed by atoms with E-state index in [2.05, 4.69) is 23.9 Å². The van der Waals surface area contributed by atoms with E-state index in [9.17, 15) is 0 Å². The van der Waals surface area contributed by atoms with Crippen LogP contribution < -0.4 is 5.73 Å². The first kappa shape index (κ1) is 14.9. The Morgan fingerprint density at radius 1 is 1.33 bits per heavy atom. The van der Waals surface area contributed by atoms with Gasteiger partial charge in [0.2, 0.25) is 0 Å². The highest BCUT2D eigenvalue weighted by atomic mass is 35.5. The van der Waals surface area contributed by atoms with Crippen molar-refractivity contribution in [2.24, 2.45) is 5.73 Å². The van der Waals surface area contributed by atoms with Gasteiger partial charge >= 0.3 is 0 Å². The molecule has 1 aromatic heterocycles. The summed E-state index contributed by atoms with van der Waals surface area (Å²) >= 11 is 6.01. The predicted octanol–water partition coefficient (Wildman–Crippen LogP) is 2.72. The lowest BCUT2D eigenvalue weighted by Crippen LogP contribution is -2.50. The standard InChI is InChI=1S/C16H22ClN3O/c1-19-5-6-20(2)13(10-19)9-14(18)16-8-11-7-12(17)3-4-15(11)21-16/h3-4,7-8,13-14H,5-6,9-10,18H2,1-2H3. The van der Waals surface area contributed by atoms with Crippen LogP contribution >= 0.6 is 11.6 Å². The van der Waals surface area contributed by atoms with E-state index in [0.29, 0.717) is 6.04 Å². The Balaban J connectivity index is 1.75. The summed E-state index contributed by atoms with van der Waals surface area (Å²) in [5.74, 6) is 0.842. The van der Waals surface area contributed by atoms with Crippen molar-refractivity contribution < 1.29 is 4.42 Å². The van der Waals surface area contributed by atoms with Crippen molar-refractivity contribution in [3.05, 3.63) is 35.0 Å². The lowest BCUT2D eigenvalue weighted by Gasteiger charge is -2.38. The van der Waals surface area contributed by atoms with Gasteiger partial charge in [0.25, 0.3) is 0 Å². The average Bonchev–Trinajstić information content (AvgIpc) is 2.86. The number of nitrogens with zero attached hydrogens (tertiary/aromatic N) is 2. The van der Waals surface area contributed by atoms with Gasteiger partial charge < -0.3 is 20.0 Å². The molecule has 1 aromatic carbocycles.